The molecule has 3 aliphatic rings. The van der Waals surface area contributed by atoms with Crippen LogP contribution in [0.4, 0.5) is 24.5 Å². The number of nitrogens with one attached hydrogen (secondary N) is 2. The van der Waals surface area contributed by atoms with Gasteiger partial charge < -0.3 is 29.4 Å². The van der Waals surface area contributed by atoms with Crippen molar-refractivity contribution in [2.24, 2.45) is 5.41 Å². The Morgan fingerprint density at radius 3 is 2.47 bits per heavy atom. The second kappa shape index (κ2) is 13.6. The summed E-state index contributed by atoms with van der Waals surface area (Å²) in [4.78, 5) is 2.68. The lowest BCUT2D eigenvalue weighted by atomic mass is 9.75. The molecule has 3 aromatic rings. The van der Waals surface area contributed by atoms with Crippen molar-refractivity contribution in [3.63, 3.8) is 0 Å². The first-order chi connectivity index (χ1) is 22.4. The van der Waals surface area contributed by atoms with E-state index < -0.39 is 22.6 Å². The first-order valence-corrected chi connectivity index (χ1v) is 17.8. The fraction of sp³-hybridized carbons (Fsp3) is 0.529. The Bertz CT molecular complexity index is 1740. The third-order valence-electron chi connectivity index (χ3n) is 9.26. The fourth-order valence-electron chi connectivity index (χ4n) is 6.82. The van der Waals surface area contributed by atoms with Gasteiger partial charge in [0.25, 0.3) is 0 Å². The first-order valence-electron chi connectivity index (χ1n) is 15.9. The lowest BCUT2D eigenvalue weighted by Gasteiger charge is -2.58. The minimum absolute atomic E-state index is 0.0892. The predicted molar refractivity (Wildman–Crippen MR) is 175 cm³/mol. The Morgan fingerprint density at radius 1 is 1.04 bits per heavy atom. The van der Waals surface area contributed by atoms with E-state index in [1.54, 1.807) is 24.3 Å². The van der Waals surface area contributed by atoms with Crippen molar-refractivity contribution in [2.45, 2.75) is 55.4 Å². The molecule has 1 saturated carbocycles. The Labute approximate surface area is 273 Å². The van der Waals surface area contributed by atoms with Gasteiger partial charge in [0, 0.05) is 61.1 Å². The maximum absolute atomic E-state index is 13.7. The van der Waals surface area contributed by atoms with Crippen LogP contribution >= 0.6 is 0 Å². The maximum Gasteiger partial charge on any atom is 0.406 e. The highest BCUT2D eigenvalue weighted by molar-refractivity contribution is 7.90. The van der Waals surface area contributed by atoms with Gasteiger partial charge in [-0.25, -0.2) is 8.42 Å². The van der Waals surface area contributed by atoms with Crippen molar-refractivity contribution in [1.82, 2.24) is 9.47 Å². The van der Waals surface area contributed by atoms with Crippen LogP contribution in [0.15, 0.2) is 47.4 Å². The zero-order chi connectivity index (χ0) is 33.2. The minimum atomic E-state index is -4.43. The fourth-order valence-corrected chi connectivity index (χ4v) is 7.46. The van der Waals surface area contributed by atoms with Crippen LogP contribution in [0.2, 0.25) is 0 Å². The second-order valence-corrected chi connectivity index (χ2v) is 15.0. The molecular weight excluding hydrogens is 633 g/mol. The molecule has 0 radical (unpaired) electrons. The number of nitrogens with zero attached hydrogens (tertiary/aromatic N) is 2. The number of alkyl halides is 3. The largest absolute Gasteiger partial charge is 0.489 e. The topological polar surface area (TPSA) is 94.1 Å². The number of methoxy groups -OCH3 is 1. The van der Waals surface area contributed by atoms with Crippen molar-refractivity contribution in [1.29, 1.82) is 0 Å². The molecule has 6 rings (SSSR count). The van der Waals surface area contributed by atoms with Crippen LogP contribution in [-0.4, -0.2) is 95.6 Å². The number of fused-ring (bicyclic) bond motifs is 1. The number of ether oxygens (including phenoxy) is 3. The van der Waals surface area contributed by atoms with E-state index >= 15 is 0 Å². The van der Waals surface area contributed by atoms with E-state index in [1.807, 2.05) is 6.07 Å². The molecule has 47 heavy (non-hydrogen) atoms. The normalized spacial score (nSPS) is 21.0. The van der Waals surface area contributed by atoms with Gasteiger partial charge in [0.1, 0.15) is 18.9 Å². The van der Waals surface area contributed by atoms with Gasteiger partial charge in [-0.05, 0) is 61.9 Å². The number of halogens is 3. The van der Waals surface area contributed by atoms with Crippen LogP contribution in [0.5, 0.6) is 5.75 Å². The van der Waals surface area contributed by atoms with E-state index in [4.69, 9.17) is 14.2 Å². The number of hydrogen-bond acceptors (Lipinski definition) is 8. The van der Waals surface area contributed by atoms with E-state index in [2.05, 4.69) is 27.4 Å². The smallest absolute Gasteiger partial charge is 0.406 e. The van der Waals surface area contributed by atoms with Crippen LogP contribution in [0.25, 0.3) is 10.9 Å². The molecule has 2 aromatic carbocycles. The summed E-state index contributed by atoms with van der Waals surface area (Å²) in [5.74, 6) is 6.18. The monoisotopic (exact) mass is 674 g/mol. The highest BCUT2D eigenvalue weighted by Crippen LogP contribution is 2.41. The molecule has 3 fully saturated rings. The molecule has 1 aromatic heterocycles. The Balaban J connectivity index is 1.16. The van der Waals surface area contributed by atoms with Crippen LogP contribution in [0.1, 0.15) is 31.4 Å². The number of likely N-dealkylation sites (tertiary alicyclic amines) is 1. The van der Waals surface area contributed by atoms with Crippen LogP contribution < -0.4 is 15.4 Å². The highest BCUT2D eigenvalue weighted by atomic mass is 32.2. The van der Waals surface area contributed by atoms with E-state index in [0.29, 0.717) is 40.4 Å². The number of benzene rings is 2. The number of rotatable bonds is 11. The molecule has 2 saturated heterocycles. The molecule has 2 N–H and O–H groups in total. The van der Waals surface area contributed by atoms with Gasteiger partial charge in [-0.1, -0.05) is 12.0 Å². The minimum Gasteiger partial charge on any atom is -0.489 e. The molecule has 9 nitrogen and oxygen atoms in total. The van der Waals surface area contributed by atoms with Crippen LogP contribution in [0.3, 0.4) is 0 Å². The first kappa shape index (κ1) is 33.5. The van der Waals surface area contributed by atoms with Crippen molar-refractivity contribution in [3.05, 3.63) is 48.2 Å². The lowest BCUT2D eigenvalue weighted by Crippen LogP contribution is -2.68. The summed E-state index contributed by atoms with van der Waals surface area (Å²) in [6, 6.07) is 12.4. The Kier molecular flexibility index (Phi) is 9.67. The molecule has 1 aliphatic carbocycles. The zero-order valence-corrected chi connectivity index (χ0v) is 27.5. The van der Waals surface area contributed by atoms with Gasteiger partial charge >= 0.3 is 6.18 Å². The quantitative estimate of drug-likeness (QED) is 0.213. The molecule has 0 bridgehead atoms. The summed E-state index contributed by atoms with van der Waals surface area (Å²) in [5, 5.41) is 7.44. The second-order valence-electron chi connectivity index (χ2n) is 12.9. The van der Waals surface area contributed by atoms with E-state index in [1.165, 1.54) is 23.8 Å². The number of hydrogen-bond donors (Lipinski definition) is 2. The van der Waals surface area contributed by atoms with Crippen molar-refractivity contribution < 1.29 is 35.8 Å². The summed E-state index contributed by atoms with van der Waals surface area (Å²) < 4.78 is 82.7. The van der Waals surface area contributed by atoms with Gasteiger partial charge in [-0.15, -0.1) is 0 Å². The van der Waals surface area contributed by atoms with Gasteiger partial charge in [0.15, 0.2) is 9.84 Å². The summed E-state index contributed by atoms with van der Waals surface area (Å²) in [7, 11) is -1.93. The molecule has 3 heterocycles. The SMILES string of the molecule is COCCOc1cc(S(C)(=O)=O)ccc1NCC#Cc1cc2c(N[C@H]3CC[C@H](N4CC5(COC5)C4)CC3)cccc2n1CC(F)(F)F. The molecule has 0 atom stereocenters. The molecule has 0 unspecified atom stereocenters. The van der Waals surface area contributed by atoms with Gasteiger partial charge in [0.05, 0.1) is 48.2 Å². The van der Waals surface area contributed by atoms with Crippen molar-refractivity contribution in [2.75, 3.05) is 70.1 Å². The summed E-state index contributed by atoms with van der Waals surface area (Å²) in [6.07, 6.45) is 0.883. The van der Waals surface area contributed by atoms with E-state index in [0.717, 1.165) is 63.9 Å². The van der Waals surface area contributed by atoms with Crippen molar-refractivity contribution >= 4 is 32.1 Å². The Hall–Kier alpha value is -3.44. The van der Waals surface area contributed by atoms with Gasteiger partial charge in [-0.3, -0.25) is 4.90 Å². The third-order valence-corrected chi connectivity index (χ3v) is 10.4. The predicted octanol–water partition coefficient (Wildman–Crippen LogP) is 5.15. The summed E-state index contributed by atoms with van der Waals surface area (Å²) in [5.41, 5.74) is 2.44. The average Bonchev–Trinajstić information content (AvgIpc) is 3.31. The maximum atomic E-state index is 13.7. The molecule has 254 valence electrons. The van der Waals surface area contributed by atoms with Crippen LogP contribution in [0, 0.1) is 17.3 Å². The summed E-state index contributed by atoms with van der Waals surface area (Å²) >= 11 is 0. The third kappa shape index (κ3) is 7.83. The lowest BCUT2D eigenvalue weighted by molar-refractivity contribution is -0.200. The highest BCUT2D eigenvalue weighted by Gasteiger charge is 2.50. The van der Waals surface area contributed by atoms with E-state index in [-0.39, 0.29) is 29.8 Å². The van der Waals surface area contributed by atoms with Crippen molar-refractivity contribution in [3.8, 4) is 17.6 Å². The van der Waals surface area contributed by atoms with E-state index in [9.17, 15) is 21.6 Å². The molecule has 1 spiro atoms. The molecular formula is C34H41F3N4O5S. The summed E-state index contributed by atoms with van der Waals surface area (Å²) in [6.45, 7) is 3.45. The average molecular weight is 675 g/mol. The number of anilines is 2. The van der Waals surface area contributed by atoms with Gasteiger partial charge in [-0.2, -0.15) is 13.2 Å². The zero-order valence-electron chi connectivity index (χ0n) is 26.7. The van der Waals surface area contributed by atoms with Crippen LogP contribution in [-0.2, 0) is 25.9 Å². The number of aromatic nitrogens is 1. The molecule has 2 aliphatic heterocycles. The molecule has 13 heteroatoms. The number of sulfone groups is 1. The standard InChI is InChI=1S/C34H41F3N4O5S/c1-44-15-16-46-32-18-27(47(2,42)43)12-13-30(32)38-14-4-5-26-17-28-29(6-3-7-31(28)41(26)21-34(35,36)37)39-24-8-10-25(11-9-24)40-19-33(20-40)22-45-23-33/h3,6-7,12-13,17-18,24-25,38-39H,8-11,14-16,19-23H2,1-2H3/t24-,25-. The van der Waals surface area contributed by atoms with Gasteiger partial charge in [0.2, 0.25) is 0 Å². The Morgan fingerprint density at radius 2 is 1.81 bits per heavy atom. The molecule has 0 amide bonds.